The Morgan fingerprint density at radius 1 is 0.939 bits per heavy atom. The topological polar surface area (TPSA) is 53.4 Å². The minimum atomic E-state index is 0.109. The first-order valence-electron chi connectivity index (χ1n) is 12.1. The van der Waals surface area contributed by atoms with Crippen LogP contribution in [0.5, 0.6) is 0 Å². The van der Waals surface area contributed by atoms with Gasteiger partial charge in [-0.2, -0.15) is 5.10 Å². The molecule has 0 unspecified atom stereocenters. The number of aryl methyl sites for hydroxylation is 1. The van der Waals surface area contributed by atoms with Crippen molar-refractivity contribution in [2.75, 3.05) is 45.8 Å². The van der Waals surface area contributed by atoms with Crippen LogP contribution in [0.4, 0.5) is 0 Å². The number of rotatable bonds is 10. The van der Waals surface area contributed by atoms with E-state index in [9.17, 15) is 4.79 Å². The van der Waals surface area contributed by atoms with Crippen LogP contribution in [0.1, 0.15) is 25.3 Å². The number of carbonyl (C=O) groups excluding carboxylic acids is 1. The van der Waals surface area contributed by atoms with E-state index in [-0.39, 0.29) is 5.91 Å². The molecule has 33 heavy (non-hydrogen) atoms. The molecule has 1 aliphatic heterocycles. The van der Waals surface area contributed by atoms with Crippen molar-refractivity contribution in [1.29, 1.82) is 0 Å². The molecule has 6 nitrogen and oxygen atoms in total. The number of hydrogen-bond acceptors (Lipinski definition) is 4. The van der Waals surface area contributed by atoms with Crippen LogP contribution in [0, 0.1) is 0 Å². The second kappa shape index (κ2) is 11.8. The molecular weight excluding hydrogens is 410 g/mol. The summed E-state index contributed by atoms with van der Waals surface area (Å²) in [7, 11) is 0. The van der Waals surface area contributed by atoms with E-state index in [1.54, 1.807) is 0 Å². The smallest absolute Gasteiger partial charge is 0.220 e. The highest BCUT2D eigenvalue weighted by Crippen LogP contribution is 2.24. The van der Waals surface area contributed by atoms with Crippen molar-refractivity contribution in [1.82, 2.24) is 24.9 Å². The van der Waals surface area contributed by atoms with Crippen molar-refractivity contribution < 1.29 is 4.79 Å². The maximum atomic E-state index is 12.5. The van der Waals surface area contributed by atoms with Crippen molar-refractivity contribution in [3.05, 3.63) is 72.4 Å². The summed E-state index contributed by atoms with van der Waals surface area (Å²) in [6.07, 6.45) is 4.19. The first-order valence-corrected chi connectivity index (χ1v) is 12.1. The lowest BCUT2D eigenvalue weighted by Crippen LogP contribution is -2.46. The molecule has 4 rings (SSSR count). The fourth-order valence-electron chi connectivity index (χ4n) is 4.34. The van der Waals surface area contributed by atoms with Gasteiger partial charge >= 0.3 is 0 Å². The Labute approximate surface area is 197 Å². The number of para-hydroxylation sites is 1. The summed E-state index contributed by atoms with van der Waals surface area (Å²) < 4.78 is 1.91. The van der Waals surface area contributed by atoms with Crippen molar-refractivity contribution >= 4 is 5.91 Å². The van der Waals surface area contributed by atoms with Crippen LogP contribution in [0.25, 0.3) is 16.9 Å². The lowest BCUT2D eigenvalue weighted by molar-refractivity contribution is -0.121. The van der Waals surface area contributed by atoms with E-state index < -0.39 is 0 Å². The van der Waals surface area contributed by atoms with Gasteiger partial charge in [0, 0.05) is 50.9 Å². The minimum Gasteiger partial charge on any atom is -0.356 e. The molecule has 0 aliphatic carbocycles. The van der Waals surface area contributed by atoms with Crippen LogP contribution in [0.15, 0.2) is 66.9 Å². The number of amides is 1. The van der Waals surface area contributed by atoms with E-state index >= 15 is 0 Å². The first kappa shape index (κ1) is 23.2. The molecule has 1 saturated heterocycles. The maximum Gasteiger partial charge on any atom is 0.220 e. The van der Waals surface area contributed by atoms with Crippen LogP contribution in [-0.4, -0.2) is 71.3 Å². The lowest BCUT2D eigenvalue weighted by Gasteiger charge is -2.33. The number of aromatic nitrogens is 2. The largest absolute Gasteiger partial charge is 0.356 e. The monoisotopic (exact) mass is 445 g/mol. The molecule has 1 amide bonds. The number of likely N-dealkylation sites (N-methyl/N-ethyl adjacent to an activating group) is 1. The van der Waals surface area contributed by atoms with Gasteiger partial charge in [-0.25, -0.2) is 4.68 Å². The number of carbonyl (C=O) groups is 1. The first-order chi connectivity index (χ1) is 16.2. The molecule has 3 aromatic rings. The van der Waals surface area contributed by atoms with Gasteiger partial charge in [0.2, 0.25) is 5.91 Å². The summed E-state index contributed by atoms with van der Waals surface area (Å²) >= 11 is 0. The predicted octanol–water partition coefficient (Wildman–Crippen LogP) is 3.62. The average molecular weight is 446 g/mol. The van der Waals surface area contributed by atoms with Gasteiger partial charge in [-0.1, -0.05) is 55.5 Å². The van der Waals surface area contributed by atoms with E-state index in [0.717, 1.165) is 74.7 Å². The summed E-state index contributed by atoms with van der Waals surface area (Å²) in [5.74, 6) is 0.109. The van der Waals surface area contributed by atoms with Gasteiger partial charge in [0.25, 0.3) is 0 Å². The Kier molecular flexibility index (Phi) is 8.28. The third-order valence-electron chi connectivity index (χ3n) is 6.36. The van der Waals surface area contributed by atoms with Crippen molar-refractivity contribution in [3.8, 4) is 16.9 Å². The molecule has 1 aromatic heterocycles. The fraction of sp³-hybridized carbons (Fsp3) is 0.407. The maximum absolute atomic E-state index is 12.5. The lowest BCUT2D eigenvalue weighted by atomic mass is 10.0. The van der Waals surface area contributed by atoms with Crippen molar-refractivity contribution in [2.45, 2.75) is 26.2 Å². The zero-order valence-corrected chi connectivity index (χ0v) is 19.6. The van der Waals surface area contributed by atoms with Crippen molar-refractivity contribution in [2.24, 2.45) is 0 Å². The fourth-order valence-corrected chi connectivity index (χ4v) is 4.34. The van der Waals surface area contributed by atoms with Crippen LogP contribution in [0.2, 0.25) is 0 Å². The molecule has 0 radical (unpaired) electrons. The number of nitrogens with zero attached hydrogens (tertiary/aromatic N) is 4. The highest BCUT2D eigenvalue weighted by molar-refractivity contribution is 5.76. The molecule has 1 aliphatic rings. The molecule has 0 bridgehead atoms. The van der Waals surface area contributed by atoms with Gasteiger partial charge < -0.3 is 15.1 Å². The summed E-state index contributed by atoms with van der Waals surface area (Å²) in [4.78, 5) is 17.5. The van der Waals surface area contributed by atoms with Crippen molar-refractivity contribution in [3.63, 3.8) is 0 Å². The van der Waals surface area contributed by atoms with Crippen LogP contribution < -0.4 is 5.32 Å². The second-order valence-electron chi connectivity index (χ2n) is 8.63. The minimum absolute atomic E-state index is 0.109. The van der Waals surface area contributed by atoms with Gasteiger partial charge in [0.1, 0.15) is 0 Å². The highest BCUT2D eigenvalue weighted by atomic mass is 16.1. The SMILES string of the molecule is CCN1CCN(CCCNC(=O)CCc2cn(-c3ccccc3)nc2-c2ccccc2)CC1. The van der Waals surface area contributed by atoms with E-state index in [2.05, 4.69) is 40.4 Å². The normalized spacial score (nSPS) is 14.9. The van der Waals surface area contributed by atoms with Gasteiger partial charge in [-0.3, -0.25) is 4.79 Å². The molecule has 1 N–H and O–H groups in total. The van der Waals surface area contributed by atoms with E-state index in [1.165, 1.54) is 0 Å². The van der Waals surface area contributed by atoms with Gasteiger partial charge in [-0.05, 0) is 43.6 Å². The molecule has 174 valence electrons. The molecule has 0 atom stereocenters. The van der Waals surface area contributed by atoms with Gasteiger partial charge in [0.15, 0.2) is 0 Å². The average Bonchev–Trinajstić information content (AvgIpc) is 3.31. The Hall–Kier alpha value is -2.96. The molecule has 1 fully saturated rings. The number of nitrogens with one attached hydrogen (secondary N) is 1. The van der Waals surface area contributed by atoms with Crippen LogP contribution in [-0.2, 0) is 11.2 Å². The summed E-state index contributed by atoms with van der Waals surface area (Å²) in [5, 5.41) is 7.95. The third-order valence-corrected chi connectivity index (χ3v) is 6.36. The predicted molar refractivity (Wildman–Crippen MR) is 134 cm³/mol. The second-order valence-corrected chi connectivity index (χ2v) is 8.63. The Morgan fingerprint density at radius 3 is 2.30 bits per heavy atom. The molecule has 0 spiro atoms. The Balaban J connectivity index is 1.29. The zero-order valence-electron chi connectivity index (χ0n) is 19.6. The van der Waals surface area contributed by atoms with Gasteiger partial charge in [0.05, 0.1) is 11.4 Å². The van der Waals surface area contributed by atoms with Crippen LogP contribution in [0.3, 0.4) is 0 Å². The van der Waals surface area contributed by atoms with Gasteiger partial charge in [-0.15, -0.1) is 0 Å². The van der Waals surface area contributed by atoms with Crippen LogP contribution >= 0.6 is 0 Å². The zero-order chi connectivity index (χ0) is 22.9. The molecule has 0 saturated carbocycles. The highest BCUT2D eigenvalue weighted by Gasteiger charge is 2.16. The van der Waals surface area contributed by atoms with E-state index in [4.69, 9.17) is 5.10 Å². The van der Waals surface area contributed by atoms with E-state index in [1.807, 2.05) is 53.2 Å². The molecule has 2 heterocycles. The number of benzene rings is 2. The summed E-state index contributed by atoms with van der Waals surface area (Å²) in [6, 6.07) is 20.3. The Bertz CT molecular complexity index is 994. The third kappa shape index (κ3) is 6.53. The number of hydrogen-bond donors (Lipinski definition) is 1. The molecule has 6 heteroatoms. The Morgan fingerprint density at radius 2 is 1.61 bits per heavy atom. The molecular formula is C27H35N5O. The summed E-state index contributed by atoms with van der Waals surface area (Å²) in [5.41, 5.74) is 4.13. The summed E-state index contributed by atoms with van der Waals surface area (Å²) in [6.45, 7) is 9.74. The molecule has 2 aromatic carbocycles. The standard InChI is InChI=1S/C27H35N5O/c1-2-30-18-20-31(21-19-30)17-9-16-28-26(33)15-14-24-22-32(25-12-7-4-8-13-25)29-27(24)23-10-5-3-6-11-23/h3-8,10-13,22H,2,9,14-21H2,1H3,(H,28,33). The quantitative estimate of drug-likeness (QED) is 0.485. The number of piperazine rings is 1. The van der Waals surface area contributed by atoms with E-state index in [0.29, 0.717) is 12.8 Å².